The van der Waals surface area contributed by atoms with Gasteiger partial charge in [0.1, 0.15) is 0 Å². The first kappa shape index (κ1) is 19.9. The third kappa shape index (κ3) is 4.11. The molecule has 0 N–H and O–H groups in total. The minimum atomic E-state index is -3.54. The van der Waals surface area contributed by atoms with E-state index in [2.05, 4.69) is 0 Å². The molecule has 4 rings (SSSR count). The largest absolute Gasteiger partial charge is 0.383 e. The van der Waals surface area contributed by atoms with E-state index in [4.69, 9.17) is 4.74 Å². The van der Waals surface area contributed by atoms with Crippen molar-refractivity contribution >= 4 is 15.9 Å². The number of amides is 1. The van der Waals surface area contributed by atoms with Gasteiger partial charge in [-0.25, -0.2) is 8.42 Å². The number of sulfonamides is 1. The average molecular weight is 407 g/mol. The number of fused-ring (bicyclic) bond motifs is 1. The highest BCUT2D eigenvalue weighted by atomic mass is 32.2. The molecule has 1 atom stereocenters. The van der Waals surface area contributed by atoms with E-state index < -0.39 is 10.0 Å². The van der Waals surface area contributed by atoms with Crippen molar-refractivity contribution in [2.75, 3.05) is 26.8 Å². The fraction of sp³-hybridized carbons (Fsp3) is 0.667. The number of hydrogen-bond donors (Lipinski definition) is 0. The molecule has 2 aliphatic heterocycles. The summed E-state index contributed by atoms with van der Waals surface area (Å²) in [5.41, 5.74) is 2.12. The van der Waals surface area contributed by atoms with E-state index in [0.29, 0.717) is 31.0 Å². The minimum Gasteiger partial charge on any atom is -0.383 e. The summed E-state index contributed by atoms with van der Waals surface area (Å²) in [7, 11) is -1.94. The number of benzene rings is 1. The Bertz CT molecular complexity index is 835. The molecule has 2 fully saturated rings. The van der Waals surface area contributed by atoms with Crippen molar-refractivity contribution in [1.82, 2.24) is 9.21 Å². The van der Waals surface area contributed by atoms with Crippen LogP contribution in [-0.2, 0) is 32.5 Å². The summed E-state index contributed by atoms with van der Waals surface area (Å²) in [6.07, 6.45) is 6.62. The van der Waals surface area contributed by atoms with Gasteiger partial charge >= 0.3 is 0 Å². The molecule has 6 nitrogen and oxygen atoms in total. The third-order valence-corrected chi connectivity index (χ3v) is 8.24. The van der Waals surface area contributed by atoms with E-state index in [1.807, 2.05) is 11.0 Å². The first-order valence-corrected chi connectivity index (χ1v) is 11.8. The van der Waals surface area contributed by atoms with Crippen LogP contribution in [0.2, 0.25) is 0 Å². The van der Waals surface area contributed by atoms with Gasteiger partial charge in [-0.15, -0.1) is 0 Å². The van der Waals surface area contributed by atoms with Gasteiger partial charge in [-0.2, -0.15) is 4.31 Å². The lowest BCUT2D eigenvalue weighted by atomic mass is 9.99. The van der Waals surface area contributed by atoms with Gasteiger partial charge in [-0.1, -0.05) is 18.9 Å². The SMILES string of the molecule is COCC1CCCN1S(=O)(=O)c1ccc2c(c1)CN(C(=O)CCC1CC1)CC2. The fourth-order valence-corrected chi connectivity index (χ4v) is 6.15. The number of carbonyl (C=O) groups is 1. The maximum Gasteiger partial charge on any atom is 0.243 e. The van der Waals surface area contributed by atoms with Crippen LogP contribution in [0.5, 0.6) is 0 Å². The Labute approximate surface area is 167 Å². The van der Waals surface area contributed by atoms with Gasteiger partial charge in [-0.05, 0) is 54.9 Å². The zero-order valence-corrected chi connectivity index (χ0v) is 17.4. The summed E-state index contributed by atoms with van der Waals surface area (Å²) < 4.78 is 33.2. The summed E-state index contributed by atoms with van der Waals surface area (Å²) in [4.78, 5) is 14.8. The predicted octanol–water partition coefficient (Wildman–Crippen LogP) is 2.56. The smallest absolute Gasteiger partial charge is 0.243 e. The zero-order chi connectivity index (χ0) is 19.7. The molecule has 1 aromatic rings. The minimum absolute atomic E-state index is 0.0912. The van der Waals surface area contributed by atoms with E-state index in [9.17, 15) is 13.2 Å². The van der Waals surface area contributed by atoms with Crippen LogP contribution in [-0.4, -0.2) is 56.4 Å². The molecule has 154 valence electrons. The Morgan fingerprint density at radius 3 is 2.75 bits per heavy atom. The monoisotopic (exact) mass is 406 g/mol. The van der Waals surface area contributed by atoms with Gasteiger partial charge in [0, 0.05) is 39.2 Å². The zero-order valence-electron chi connectivity index (χ0n) is 16.6. The molecule has 1 saturated heterocycles. The van der Waals surface area contributed by atoms with Crippen LogP contribution in [0, 0.1) is 5.92 Å². The molecule has 1 aromatic carbocycles. The molecule has 0 aromatic heterocycles. The Kier molecular flexibility index (Phi) is 5.76. The van der Waals surface area contributed by atoms with Crippen molar-refractivity contribution in [2.45, 2.75) is 62.4 Å². The van der Waals surface area contributed by atoms with Crippen molar-refractivity contribution in [1.29, 1.82) is 0 Å². The second-order valence-corrected chi connectivity index (χ2v) is 10.2. The molecular formula is C21H30N2O4S. The number of carbonyl (C=O) groups excluding carboxylic acids is 1. The van der Waals surface area contributed by atoms with Gasteiger partial charge in [-0.3, -0.25) is 4.79 Å². The van der Waals surface area contributed by atoms with Gasteiger partial charge in [0.15, 0.2) is 0 Å². The van der Waals surface area contributed by atoms with Crippen LogP contribution in [0.25, 0.3) is 0 Å². The van der Waals surface area contributed by atoms with Crippen molar-refractivity contribution in [3.63, 3.8) is 0 Å². The molecule has 1 unspecified atom stereocenters. The predicted molar refractivity (Wildman–Crippen MR) is 106 cm³/mol. The summed E-state index contributed by atoms with van der Waals surface area (Å²) in [5, 5.41) is 0. The van der Waals surface area contributed by atoms with Gasteiger partial charge < -0.3 is 9.64 Å². The molecule has 0 spiro atoms. The number of nitrogens with zero attached hydrogens (tertiary/aromatic N) is 2. The normalized spacial score (nSPS) is 23.0. The molecule has 1 amide bonds. The van der Waals surface area contributed by atoms with E-state index in [-0.39, 0.29) is 11.9 Å². The maximum atomic E-state index is 13.2. The Morgan fingerprint density at radius 1 is 1.18 bits per heavy atom. The highest BCUT2D eigenvalue weighted by molar-refractivity contribution is 7.89. The third-order valence-electron chi connectivity index (χ3n) is 6.29. The van der Waals surface area contributed by atoms with E-state index in [1.165, 1.54) is 12.8 Å². The van der Waals surface area contributed by atoms with Crippen LogP contribution in [0.15, 0.2) is 23.1 Å². The Morgan fingerprint density at radius 2 is 2.00 bits per heavy atom. The molecule has 1 aliphatic carbocycles. The Balaban J connectivity index is 1.50. The van der Waals surface area contributed by atoms with Crippen LogP contribution < -0.4 is 0 Å². The molecule has 1 saturated carbocycles. The molecule has 28 heavy (non-hydrogen) atoms. The quantitative estimate of drug-likeness (QED) is 0.698. The molecule has 0 bridgehead atoms. The standard InChI is InChI=1S/C21H30N2O4S/c1-27-15-19-3-2-11-23(19)28(25,26)20-8-7-17-10-12-22(14-18(17)13-20)21(24)9-6-16-4-5-16/h7-8,13,16,19H,2-6,9-12,14-15H2,1H3. The van der Waals surface area contributed by atoms with Crippen LogP contribution in [0.1, 0.15) is 49.7 Å². The molecule has 2 heterocycles. The topological polar surface area (TPSA) is 66.9 Å². The van der Waals surface area contributed by atoms with Crippen LogP contribution in [0.4, 0.5) is 0 Å². The number of rotatable bonds is 7. The van der Waals surface area contributed by atoms with E-state index >= 15 is 0 Å². The van der Waals surface area contributed by atoms with Gasteiger partial charge in [0.05, 0.1) is 11.5 Å². The fourth-order valence-electron chi connectivity index (χ4n) is 4.42. The Hall–Kier alpha value is -1.44. The molecular weight excluding hydrogens is 376 g/mol. The van der Waals surface area contributed by atoms with Crippen molar-refractivity contribution in [3.8, 4) is 0 Å². The number of ether oxygens (including phenoxy) is 1. The van der Waals surface area contributed by atoms with E-state index in [0.717, 1.165) is 49.3 Å². The van der Waals surface area contributed by atoms with Crippen molar-refractivity contribution in [2.24, 2.45) is 5.92 Å². The highest BCUT2D eigenvalue weighted by Gasteiger charge is 2.36. The summed E-state index contributed by atoms with van der Waals surface area (Å²) in [5.74, 6) is 0.948. The van der Waals surface area contributed by atoms with Crippen LogP contribution >= 0.6 is 0 Å². The lowest BCUT2D eigenvalue weighted by Gasteiger charge is -2.30. The lowest BCUT2D eigenvalue weighted by molar-refractivity contribution is -0.132. The van der Waals surface area contributed by atoms with E-state index in [1.54, 1.807) is 23.5 Å². The van der Waals surface area contributed by atoms with Gasteiger partial charge in [0.2, 0.25) is 15.9 Å². The van der Waals surface area contributed by atoms with Crippen molar-refractivity contribution < 1.29 is 17.9 Å². The van der Waals surface area contributed by atoms with Crippen LogP contribution in [0.3, 0.4) is 0 Å². The second-order valence-electron chi connectivity index (χ2n) is 8.35. The summed E-state index contributed by atoms with van der Waals surface area (Å²) >= 11 is 0. The maximum absolute atomic E-state index is 13.2. The summed E-state index contributed by atoms with van der Waals surface area (Å²) in [6, 6.07) is 5.34. The first-order valence-electron chi connectivity index (χ1n) is 10.4. The first-order chi connectivity index (χ1) is 13.5. The average Bonchev–Trinajstić information content (AvgIpc) is 3.41. The summed E-state index contributed by atoms with van der Waals surface area (Å²) in [6.45, 7) is 2.21. The highest BCUT2D eigenvalue weighted by Crippen LogP contribution is 2.34. The van der Waals surface area contributed by atoms with Crippen molar-refractivity contribution in [3.05, 3.63) is 29.3 Å². The molecule has 3 aliphatic rings. The number of hydrogen-bond acceptors (Lipinski definition) is 4. The lowest BCUT2D eigenvalue weighted by Crippen LogP contribution is -2.38. The molecule has 0 radical (unpaired) electrons. The number of methoxy groups -OCH3 is 1. The second kappa shape index (κ2) is 8.13. The van der Waals surface area contributed by atoms with Gasteiger partial charge in [0.25, 0.3) is 0 Å². The molecule has 7 heteroatoms.